The number of nitrogens with zero attached hydrogens (tertiary/aromatic N) is 1. The van der Waals surface area contributed by atoms with Gasteiger partial charge in [0, 0.05) is 0 Å². The minimum atomic E-state index is 0.653. The van der Waals surface area contributed by atoms with Crippen molar-refractivity contribution in [2.24, 2.45) is 0 Å². The van der Waals surface area contributed by atoms with Gasteiger partial charge in [-0.3, -0.25) is 0 Å². The predicted molar refractivity (Wildman–Crippen MR) is 48.0 cm³/mol. The molecule has 11 heavy (non-hydrogen) atoms. The fourth-order valence-electron chi connectivity index (χ4n) is 1.16. The monoisotopic (exact) mass is 212 g/mol. The fraction of sp³-hybridized carbons (Fsp3) is 0.222. The standard InChI is InChI=1S/C9H10NSe/c1-10-6-8-4-2-3-5-9(8)11-7-10/h2-6H,7H2,1H3/q+1. The summed E-state index contributed by atoms with van der Waals surface area (Å²) in [6.45, 7) is 0. The molecule has 1 aliphatic heterocycles. The fourth-order valence-corrected chi connectivity index (χ4v) is 3.01. The third-order valence-electron chi connectivity index (χ3n) is 1.70. The van der Waals surface area contributed by atoms with E-state index in [0.717, 1.165) is 0 Å². The van der Waals surface area contributed by atoms with Crippen molar-refractivity contribution in [3.63, 3.8) is 0 Å². The van der Waals surface area contributed by atoms with Gasteiger partial charge in [-0.2, -0.15) is 0 Å². The zero-order valence-corrected chi connectivity index (χ0v) is 8.16. The molecule has 0 fully saturated rings. The molecule has 0 unspecified atom stereocenters. The van der Waals surface area contributed by atoms with Gasteiger partial charge in [-0.1, -0.05) is 0 Å². The molecule has 1 aromatic carbocycles. The third kappa shape index (κ3) is 1.37. The van der Waals surface area contributed by atoms with Gasteiger partial charge in [0.15, 0.2) is 0 Å². The van der Waals surface area contributed by atoms with Crippen LogP contribution in [0.25, 0.3) is 0 Å². The van der Waals surface area contributed by atoms with Crippen LogP contribution in [0.2, 0.25) is 0 Å². The Kier molecular flexibility index (Phi) is 1.80. The summed E-state index contributed by atoms with van der Waals surface area (Å²) >= 11 is 0.653. The van der Waals surface area contributed by atoms with E-state index in [4.69, 9.17) is 0 Å². The van der Waals surface area contributed by atoms with E-state index >= 15 is 0 Å². The normalized spacial score (nSPS) is 15.5. The Balaban J connectivity index is 2.51. The van der Waals surface area contributed by atoms with E-state index < -0.39 is 0 Å². The van der Waals surface area contributed by atoms with Crippen molar-refractivity contribution in [1.82, 2.24) is 0 Å². The summed E-state index contributed by atoms with van der Waals surface area (Å²) in [6, 6.07) is 8.65. The molecule has 0 amide bonds. The van der Waals surface area contributed by atoms with Crippen molar-refractivity contribution >= 4 is 25.6 Å². The Morgan fingerprint density at radius 2 is 2.18 bits per heavy atom. The first-order chi connectivity index (χ1) is 5.36. The van der Waals surface area contributed by atoms with Crippen LogP contribution in [0.1, 0.15) is 5.56 Å². The van der Waals surface area contributed by atoms with Crippen LogP contribution in [0.4, 0.5) is 0 Å². The zero-order valence-electron chi connectivity index (χ0n) is 6.45. The number of fused-ring (bicyclic) bond motifs is 1. The summed E-state index contributed by atoms with van der Waals surface area (Å²) < 4.78 is 3.81. The molecule has 0 aliphatic carbocycles. The Hall–Kier alpha value is -0.591. The van der Waals surface area contributed by atoms with Crippen LogP contribution < -0.4 is 4.46 Å². The van der Waals surface area contributed by atoms with Crippen molar-refractivity contribution in [3.8, 4) is 0 Å². The summed E-state index contributed by atoms with van der Waals surface area (Å²) in [7, 11) is 2.14. The molecule has 0 spiro atoms. The van der Waals surface area contributed by atoms with Crippen molar-refractivity contribution in [3.05, 3.63) is 29.8 Å². The molecule has 56 valence electrons. The topological polar surface area (TPSA) is 3.01 Å². The van der Waals surface area contributed by atoms with Gasteiger partial charge >= 0.3 is 72.5 Å². The second-order valence-electron chi connectivity index (χ2n) is 2.70. The molecule has 0 atom stereocenters. The average Bonchev–Trinajstić information content (AvgIpc) is 2.04. The Bertz CT molecular complexity index is 304. The molecule has 2 heteroatoms. The first kappa shape index (κ1) is 7.08. The second kappa shape index (κ2) is 2.80. The van der Waals surface area contributed by atoms with Crippen molar-refractivity contribution in [1.29, 1.82) is 0 Å². The van der Waals surface area contributed by atoms with Crippen LogP contribution in [0.15, 0.2) is 24.3 Å². The van der Waals surface area contributed by atoms with Crippen LogP contribution >= 0.6 is 0 Å². The molecule has 0 radical (unpaired) electrons. The number of hydrogen-bond acceptors (Lipinski definition) is 0. The van der Waals surface area contributed by atoms with Gasteiger partial charge in [-0.15, -0.1) is 0 Å². The number of benzene rings is 1. The van der Waals surface area contributed by atoms with E-state index in [2.05, 4.69) is 42.1 Å². The molecule has 1 heterocycles. The molecule has 1 aliphatic rings. The van der Waals surface area contributed by atoms with E-state index in [1.54, 1.807) is 0 Å². The van der Waals surface area contributed by atoms with E-state index in [-0.39, 0.29) is 0 Å². The van der Waals surface area contributed by atoms with Gasteiger partial charge in [0.05, 0.1) is 0 Å². The van der Waals surface area contributed by atoms with Gasteiger partial charge in [-0.05, 0) is 0 Å². The average molecular weight is 211 g/mol. The van der Waals surface area contributed by atoms with Crippen LogP contribution in [0.5, 0.6) is 0 Å². The van der Waals surface area contributed by atoms with Gasteiger partial charge in [-0.25, -0.2) is 0 Å². The minimum absolute atomic E-state index is 0.653. The first-order valence-corrected chi connectivity index (χ1v) is 5.70. The van der Waals surface area contributed by atoms with E-state index in [1.165, 1.54) is 15.5 Å². The van der Waals surface area contributed by atoms with E-state index in [0.29, 0.717) is 15.0 Å². The Morgan fingerprint density at radius 3 is 3.09 bits per heavy atom. The molecule has 0 saturated heterocycles. The van der Waals surface area contributed by atoms with Crippen LogP contribution in [0, 0.1) is 0 Å². The molecule has 0 bridgehead atoms. The van der Waals surface area contributed by atoms with Gasteiger partial charge in [0.25, 0.3) is 0 Å². The molecular weight excluding hydrogens is 201 g/mol. The molecule has 2 rings (SSSR count). The molecule has 1 aromatic rings. The van der Waals surface area contributed by atoms with E-state index in [9.17, 15) is 0 Å². The third-order valence-corrected chi connectivity index (χ3v) is 4.26. The summed E-state index contributed by atoms with van der Waals surface area (Å²) in [5.74, 6) is 0. The van der Waals surface area contributed by atoms with Crippen molar-refractivity contribution < 1.29 is 4.58 Å². The van der Waals surface area contributed by atoms with E-state index in [1.807, 2.05) is 0 Å². The number of rotatable bonds is 0. The van der Waals surface area contributed by atoms with Crippen LogP contribution in [-0.4, -0.2) is 38.2 Å². The van der Waals surface area contributed by atoms with Gasteiger partial charge in [0.2, 0.25) is 0 Å². The zero-order chi connectivity index (χ0) is 7.68. The maximum atomic E-state index is 2.27. The molecule has 1 nitrogen and oxygen atoms in total. The summed E-state index contributed by atoms with van der Waals surface area (Å²) in [6.07, 6.45) is 2.22. The SMILES string of the molecule is C[N+]1=Cc2ccccc2[Se]C1. The van der Waals surface area contributed by atoms with Crippen molar-refractivity contribution in [2.45, 2.75) is 0 Å². The molecular formula is C9H10NSe+. The molecule has 0 saturated carbocycles. The maximum absolute atomic E-state index is 2.27. The Labute approximate surface area is 72.9 Å². The number of hydrogen-bond donors (Lipinski definition) is 0. The van der Waals surface area contributed by atoms with Gasteiger partial charge < -0.3 is 0 Å². The Morgan fingerprint density at radius 1 is 1.36 bits per heavy atom. The summed E-state index contributed by atoms with van der Waals surface area (Å²) in [5.41, 5.74) is 2.62. The second-order valence-corrected chi connectivity index (χ2v) is 4.77. The summed E-state index contributed by atoms with van der Waals surface area (Å²) in [4.78, 5) is 0. The summed E-state index contributed by atoms with van der Waals surface area (Å²) in [5, 5.41) is 0. The quantitative estimate of drug-likeness (QED) is 0.421. The predicted octanol–water partition coefficient (Wildman–Crippen LogP) is 0.0484. The van der Waals surface area contributed by atoms with Gasteiger partial charge in [0.1, 0.15) is 0 Å². The first-order valence-electron chi connectivity index (χ1n) is 3.63. The molecule has 0 N–H and O–H groups in total. The van der Waals surface area contributed by atoms with Crippen LogP contribution in [-0.2, 0) is 0 Å². The molecule has 0 aromatic heterocycles. The van der Waals surface area contributed by atoms with Crippen molar-refractivity contribution in [2.75, 3.05) is 12.5 Å². The van der Waals surface area contributed by atoms with Crippen LogP contribution in [0.3, 0.4) is 0 Å².